The summed E-state index contributed by atoms with van der Waals surface area (Å²) in [4.78, 5) is 12.9. The summed E-state index contributed by atoms with van der Waals surface area (Å²) in [5.74, 6) is 2.00. The minimum Gasteiger partial charge on any atom is -0.497 e. The first-order valence-electron chi connectivity index (χ1n) is 10.9. The summed E-state index contributed by atoms with van der Waals surface area (Å²) in [6, 6.07) is 22.6. The first-order valence-corrected chi connectivity index (χ1v) is 12.2. The third kappa shape index (κ3) is 5.78. The largest absolute Gasteiger partial charge is 0.497 e. The van der Waals surface area contributed by atoms with Crippen molar-refractivity contribution < 1.29 is 14.3 Å². The van der Waals surface area contributed by atoms with E-state index in [1.807, 2.05) is 84.3 Å². The van der Waals surface area contributed by atoms with Crippen LogP contribution in [0.15, 0.2) is 78.0 Å². The molecule has 0 radical (unpaired) electrons. The van der Waals surface area contributed by atoms with Crippen LogP contribution in [-0.2, 0) is 11.3 Å². The molecule has 0 spiro atoms. The summed E-state index contributed by atoms with van der Waals surface area (Å²) in [6.07, 6.45) is 0. The zero-order valence-corrected chi connectivity index (χ0v) is 21.1. The van der Waals surface area contributed by atoms with Crippen molar-refractivity contribution in [2.24, 2.45) is 0 Å². The van der Waals surface area contributed by atoms with Gasteiger partial charge in [-0.15, -0.1) is 10.2 Å². The van der Waals surface area contributed by atoms with Crippen molar-refractivity contribution in [1.29, 1.82) is 0 Å². The summed E-state index contributed by atoms with van der Waals surface area (Å²) < 4.78 is 12.4. The Kier molecular flexibility index (Phi) is 7.94. The Morgan fingerprint density at radius 3 is 2.23 bits per heavy atom. The number of halogens is 1. The minimum atomic E-state index is -0.409. The summed E-state index contributed by atoms with van der Waals surface area (Å²) in [5.41, 5.74) is 2.57. The highest BCUT2D eigenvalue weighted by Gasteiger charge is 2.22. The molecule has 3 aromatic carbocycles. The van der Waals surface area contributed by atoms with Crippen LogP contribution in [-0.4, -0.2) is 40.1 Å². The van der Waals surface area contributed by atoms with Gasteiger partial charge in [-0.05, 0) is 61.0 Å². The topological polar surface area (TPSA) is 78.3 Å². The van der Waals surface area contributed by atoms with E-state index in [0.29, 0.717) is 22.5 Å². The summed E-state index contributed by atoms with van der Waals surface area (Å²) >= 11 is 7.80. The number of amides is 1. The summed E-state index contributed by atoms with van der Waals surface area (Å²) in [7, 11) is 3.24. The maximum absolute atomic E-state index is 12.9. The Hall–Kier alpha value is -3.49. The molecule has 0 aliphatic rings. The molecule has 0 fully saturated rings. The number of ether oxygens (including phenoxy) is 2. The van der Waals surface area contributed by atoms with E-state index < -0.39 is 5.25 Å². The Bertz CT molecular complexity index is 1290. The number of thioether (sulfide) groups is 1. The first-order chi connectivity index (χ1) is 17.0. The molecule has 9 heteroatoms. The molecule has 180 valence electrons. The summed E-state index contributed by atoms with van der Waals surface area (Å²) in [6.45, 7) is 2.26. The molecule has 4 aromatic rings. The normalized spacial score (nSPS) is 11.7. The third-order valence-corrected chi connectivity index (χ3v) is 6.73. The molecule has 0 saturated heterocycles. The Morgan fingerprint density at radius 1 is 0.971 bits per heavy atom. The van der Waals surface area contributed by atoms with Gasteiger partial charge < -0.3 is 14.8 Å². The highest BCUT2D eigenvalue weighted by molar-refractivity contribution is 8.00. The number of benzene rings is 3. The van der Waals surface area contributed by atoms with Gasteiger partial charge in [-0.25, -0.2) is 0 Å². The SMILES string of the molecule is COc1ccc(CNC(=O)[C@H](C)Sc2nnc(-c3ccccc3Cl)n2-c2ccc(OC)cc2)cc1. The molecule has 4 rings (SSSR count). The van der Waals surface area contributed by atoms with Crippen molar-refractivity contribution in [2.75, 3.05) is 14.2 Å². The average Bonchev–Trinajstić information content (AvgIpc) is 3.30. The van der Waals surface area contributed by atoms with E-state index in [2.05, 4.69) is 15.5 Å². The van der Waals surface area contributed by atoms with Crippen LogP contribution in [0.3, 0.4) is 0 Å². The van der Waals surface area contributed by atoms with Gasteiger partial charge in [0.1, 0.15) is 11.5 Å². The van der Waals surface area contributed by atoms with Gasteiger partial charge in [-0.1, -0.05) is 47.6 Å². The molecule has 1 N–H and O–H groups in total. The van der Waals surface area contributed by atoms with E-state index in [-0.39, 0.29) is 5.91 Å². The van der Waals surface area contributed by atoms with Crippen LogP contribution in [0.25, 0.3) is 17.1 Å². The third-order valence-electron chi connectivity index (χ3n) is 5.36. The number of methoxy groups -OCH3 is 2. The van der Waals surface area contributed by atoms with Gasteiger partial charge in [0.15, 0.2) is 11.0 Å². The summed E-state index contributed by atoms with van der Waals surface area (Å²) in [5, 5.41) is 12.5. The quantitative estimate of drug-likeness (QED) is 0.305. The maximum Gasteiger partial charge on any atom is 0.233 e. The van der Waals surface area contributed by atoms with Crippen LogP contribution in [0.1, 0.15) is 12.5 Å². The lowest BCUT2D eigenvalue weighted by atomic mass is 10.2. The van der Waals surface area contributed by atoms with Gasteiger partial charge >= 0.3 is 0 Å². The first kappa shape index (κ1) is 24.6. The fraction of sp³-hybridized carbons (Fsp3) is 0.192. The molecule has 35 heavy (non-hydrogen) atoms. The molecule has 1 amide bonds. The predicted octanol–water partition coefficient (Wildman–Crippen LogP) is 5.40. The molecule has 0 aliphatic heterocycles. The highest BCUT2D eigenvalue weighted by Crippen LogP contribution is 2.33. The number of nitrogens with zero attached hydrogens (tertiary/aromatic N) is 3. The van der Waals surface area contributed by atoms with Gasteiger partial charge in [0.25, 0.3) is 0 Å². The number of nitrogens with one attached hydrogen (secondary N) is 1. The second kappa shape index (κ2) is 11.3. The second-order valence-corrected chi connectivity index (χ2v) is 9.36. The van der Waals surface area contributed by atoms with Crippen molar-refractivity contribution in [3.63, 3.8) is 0 Å². The number of rotatable bonds is 9. The zero-order valence-electron chi connectivity index (χ0n) is 19.6. The number of hydrogen-bond donors (Lipinski definition) is 1. The van der Waals surface area contributed by atoms with Crippen molar-refractivity contribution in [3.05, 3.63) is 83.4 Å². The molecule has 0 aliphatic carbocycles. The predicted molar refractivity (Wildman–Crippen MR) is 139 cm³/mol. The molecule has 0 bridgehead atoms. The monoisotopic (exact) mass is 508 g/mol. The molecular weight excluding hydrogens is 484 g/mol. The van der Waals surface area contributed by atoms with E-state index in [0.717, 1.165) is 28.3 Å². The standard InChI is InChI=1S/C26H25ClN4O3S/c1-17(25(32)28-16-18-8-12-20(33-2)13-9-18)35-26-30-29-24(22-6-4-5-7-23(22)27)31(26)19-10-14-21(34-3)15-11-19/h4-15,17H,16H2,1-3H3,(H,28,32)/t17-/m0/s1. The van der Waals surface area contributed by atoms with Crippen LogP contribution in [0.5, 0.6) is 11.5 Å². The van der Waals surface area contributed by atoms with Gasteiger partial charge in [0, 0.05) is 17.8 Å². The molecule has 0 saturated carbocycles. The van der Waals surface area contributed by atoms with E-state index in [4.69, 9.17) is 21.1 Å². The fourth-order valence-corrected chi connectivity index (χ4v) is 4.53. The molecule has 1 atom stereocenters. The van der Waals surface area contributed by atoms with Crippen molar-refractivity contribution >= 4 is 29.3 Å². The maximum atomic E-state index is 12.9. The Labute approximate surface area is 213 Å². The lowest BCUT2D eigenvalue weighted by Gasteiger charge is -2.15. The van der Waals surface area contributed by atoms with E-state index >= 15 is 0 Å². The van der Waals surface area contributed by atoms with Gasteiger partial charge in [0.05, 0.1) is 24.5 Å². The van der Waals surface area contributed by atoms with Gasteiger partial charge in [-0.2, -0.15) is 0 Å². The average molecular weight is 509 g/mol. The lowest BCUT2D eigenvalue weighted by Crippen LogP contribution is -2.30. The van der Waals surface area contributed by atoms with Crippen molar-refractivity contribution in [2.45, 2.75) is 23.9 Å². The molecular formula is C26H25ClN4O3S. The lowest BCUT2D eigenvalue weighted by molar-refractivity contribution is -0.120. The van der Waals surface area contributed by atoms with Gasteiger partial charge in [0.2, 0.25) is 5.91 Å². The van der Waals surface area contributed by atoms with Crippen LogP contribution in [0, 0.1) is 0 Å². The number of hydrogen-bond acceptors (Lipinski definition) is 6. The smallest absolute Gasteiger partial charge is 0.233 e. The molecule has 1 aromatic heterocycles. The highest BCUT2D eigenvalue weighted by atomic mass is 35.5. The number of carbonyl (C=O) groups excluding carboxylic acids is 1. The van der Waals surface area contributed by atoms with E-state index in [9.17, 15) is 4.79 Å². The Balaban J connectivity index is 1.57. The second-order valence-electron chi connectivity index (χ2n) is 7.65. The number of carbonyl (C=O) groups is 1. The zero-order chi connectivity index (χ0) is 24.8. The van der Waals surface area contributed by atoms with Crippen LogP contribution >= 0.6 is 23.4 Å². The molecule has 7 nitrogen and oxygen atoms in total. The fourth-order valence-electron chi connectivity index (χ4n) is 3.42. The molecule has 1 heterocycles. The van der Waals surface area contributed by atoms with Gasteiger partial charge in [-0.3, -0.25) is 9.36 Å². The van der Waals surface area contributed by atoms with Crippen molar-refractivity contribution in [1.82, 2.24) is 20.1 Å². The number of aromatic nitrogens is 3. The van der Waals surface area contributed by atoms with E-state index in [1.54, 1.807) is 14.2 Å². The van der Waals surface area contributed by atoms with Crippen LogP contribution in [0.4, 0.5) is 0 Å². The van der Waals surface area contributed by atoms with Crippen molar-refractivity contribution in [3.8, 4) is 28.6 Å². The minimum absolute atomic E-state index is 0.102. The Morgan fingerprint density at radius 2 is 1.60 bits per heavy atom. The van der Waals surface area contributed by atoms with E-state index in [1.165, 1.54) is 11.8 Å². The van der Waals surface area contributed by atoms with Crippen LogP contribution < -0.4 is 14.8 Å². The van der Waals surface area contributed by atoms with Crippen LogP contribution in [0.2, 0.25) is 5.02 Å². The molecule has 0 unspecified atom stereocenters.